The molecule has 108 valence electrons. The van der Waals surface area contributed by atoms with Crippen LogP contribution in [0.5, 0.6) is 5.75 Å². The molecule has 0 unspecified atom stereocenters. The number of fused-ring (bicyclic) bond motifs is 1. The van der Waals surface area contributed by atoms with E-state index in [0.29, 0.717) is 0 Å². The SMILES string of the molecule is COc1cccc2c(C)cc(SCCCN(C)C)nc12. The average molecular weight is 290 g/mol. The molecule has 2 rings (SSSR count). The van der Waals surface area contributed by atoms with Crippen LogP contribution >= 0.6 is 11.8 Å². The molecule has 0 saturated carbocycles. The molecule has 0 radical (unpaired) electrons. The van der Waals surface area contributed by atoms with E-state index in [1.165, 1.54) is 17.4 Å². The van der Waals surface area contributed by atoms with Gasteiger partial charge >= 0.3 is 0 Å². The molecule has 0 aliphatic rings. The lowest BCUT2D eigenvalue weighted by molar-refractivity contribution is 0.410. The molecule has 0 fully saturated rings. The molecule has 20 heavy (non-hydrogen) atoms. The van der Waals surface area contributed by atoms with Crippen molar-refractivity contribution in [3.05, 3.63) is 29.8 Å². The fourth-order valence-electron chi connectivity index (χ4n) is 2.16. The van der Waals surface area contributed by atoms with Crippen LogP contribution in [0.4, 0.5) is 0 Å². The first kappa shape index (κ1) is 15.1. The number of ether oxygens (including phenoxy) is 1. The van der Waals surface area contributed by atoms with E-state index in [1.807, 2.05) is 23.9 Å². The molecule has 0 N–H and O–H groups in total. The smallest absolute Gasteiger partial charge is 0.145 e. The fourth-order valence-corrected chi connectivity index (χ4v) is 3.06. The Bertz CT molecular complexity index is 584. The molecule has 0 amide bonds. The molecule has 0 atom stereocenters. The van der Waals surface area contributed by atoms with Gasteiger partial charge in [0.1, 0.15) is 11.3 Å². The molecule has 3 nitrogen and oxygen atoms in total. The second-order valence-electron chi connectivity index (χ2n) is 5.14. The third-order valence-corrected chi connectivity index (χ3v) is 4.20. The Labute approximate surface area is 125 Å². The number of aryl methyl sites for hydroxylation is 1. The van der Waals surface area contributed by atoms with E-state index in [-0.39, 0.29) is 0 Å². The van der Waals surface area contributed by atoms with Gasteiger partial charge in [0, 0.05) is 11.1 Å². The summed E-state index contributed by atoms with van der Waals surface area (Å²) in [6.07, 6.45) is 1.17. The van der Waals surface area contributed by atoms with Crippen LogP contribution in [0.1, 0.15) is 12.0 Å². The van der Waals surface area contributed by atoms with Crippen LogP contribution in [0, 0.1) is 6.92 Å². The monoisotopic (exact) mass is 290 g/mol. The minimum atomic E-state index is 0.848. The summed E-state index contributed by atoms with van der Waals surface area (Å²) in [7, 11) is 5.91. The maximum absolute atomic E-state index is 5.42. The standard InChI is InChI=1S/C16H22N2OS/c1-12-11-15(20-10-6-9-18(2)3)17-16-13(12)7-5-8-14(16)19-4/h5,7-8,11H,6,9-10H2,1-4H3. The molecule has 1 aromatic carbocycles. The minimum Gasteiger partial charge on any atom is -0.494 e. The number of rotatable bonds is 6. The molecule has 2 aromatic rings. The Morgan fingerprint density at radius 1 is 1.30 bits per heavy atom. The van der Waals surface area contributed by atoms with Gasteiger partial charge in [-0.05, 0) is 51.7 Å². The molecular formula is C16H22N2OS. The predicted molar refractivity (Wildman–Crippen MR) is 86.9 cm³/mol. The molecule has 0 spiro atoms. The molecule has 0 bridgehead atoms. The Morgan fingerprint density at radius 2 is 2.10 bits per heavy atom. The van der Waals surface area contributed by atoms with Gasteiger partial charge in [0.2, 0.25) is 0 Å². The van der Waals surface area contributed by atoms with Crippen LogP contribution in [-0.2, 0) is 0 Å². The van der Waals surface area contributed by atoms with Crippen molar-refractivity contribution in [2.24, 2.45) is 0 Å². The summed E-state index contributed by atoms with van der Waals surface area (Å²) in [5.74, 6) is 1.94. The highest BCUT2D eigenvalue weighted by Crippen LogP contribution is 2.29. The second-order valence-corrected chi connectivity index (χ2v) is 6.25. The molecule has 0 saturated heterocycles. The third kappa shape index (κ3) is 3.64. The first-order valence-electron chi connectivity index (χ1n) is 6.83. The van der Waals surface area contributed by atoms with E-state index in [1.54, 1.807) is 7.11 Å². The molecular weight excluding hydrogens is 268 g/mol. The van der Waals surface area contributed by atoms with Crippen molar-refractivity contribution in [2.75, 3.05) is 33.5 Å². The van der Waals surface area contributed by atoms with E-state index in [0.717, 1.165) is 28.6 Å². The average Bonchev–Trinajstić information content (AvgIpc) is 2.43. The number of pyridine rings is 1. The van der Waals surface area contributed by atoms with Crippen molar-refractivity contribution in [3.8, 4) is 5.75 Å². The number of aromatic nitrogens is 1. The van der Waals surface area contributed by atoms with Crippen molar-refractivity contribution in [1.82, 2.24) is 9.88 Å². The molecule has 1 heterocycles. The van der Waals surface area contributed by atoms with Gasteiger partial charge in [-0.1, -0.05) is 12.1 Å². The van der Waals surface area contributed by atoms with E-state index >= 15 is 0 Å². The summed E-state index contributed by atoms with van der Waals surface area (Å²) in [6, 6.07) is 8.25. The van der Waals surface area contributed by atoms with Crippen molar-refractivity contribution < 1.29 is 4.74 Å². The van der Waals surface area contributed by atoms with Crippen molar-refractivity contribution in [3.63, 3.8) is 0 Å². The lowest BCUT2D eigenvalue weighted by Gasteiger charge is -2.10. The Morgan fingerprint density at radius 3 is 2.80 bits per heavy atom. The highest BCUT2D eigenvalue weighted by atomic mass is 32.2. The van der Waals surface area contributed by atoms with Crippen LogP contribution < -0.4 is 4.74 Å². The number of thioether (sulfide) groups is 1. The summed E-state index contributed by atoms with van der Waals surface area (Å²) in [4.78, 5) is 6.96. The molecule has 1 aromatic heterocycles. The van der Waals surface area contributed by atoms with Crippen LogP contribution in [0.3, 0.4) is 0 Å². The van der Waals surface area contributed by atoms with Crippen molar-refractivity contribution >= 4 is 22.7 Å². The summed E-state index contributed by atoms with van der Waals surface area (Å²) >= 11 is 1.82. The summed E-state index contributed by atoms with van der Waals surface area (Å²) in [5.41, 5.74) is 2.22. The zero-order valence-corrected chi connectivity index (χ0v) is 13.5. The number of hydrogen-bond donors (Lipinski definition) is 0. The van der Waals surface area contributed by atoms with Crippen molar-refractivity contribution in [2.45, 2.75) is 18.4 Å². The van der Waals surface area contributed by atoms with Crippen molar-refractivity contribution in [1.29, 1.82) is 0 Å². The largest absolute Gasteiger partial charge is 0.494 e. The van der Waals surface area contributed by atoms with E-state index in [2.05, 4.69) is 38.1 Å². The van der Waals surface area contributed by atoms with Gasteiger partial charge < -0.3 is 9.64 Å². The van der Waals surface area contributed by atoms with Gasteiger partial charge in [-0.25, -0.2) is 4.98 Å². The van der Waals surface area contributed by atoms with E-state index in [4.69, 9.17) is 9.72 Å². The Hall–Kier alpha value is -1.26. The topological polar surface area (TPSA) is 25.4 Å². The summed E-state index contributed by atoms with van der Waals surface area (Å²) in [5, 5.41) is 2.25. The Kier molecular flexibility index (Phi) is 5.26. The minimum absolute atomic E-state index is 0.848. The van der Waals surface area contributed by atoms with Crippen LogP contribution in [0.25, 0.3) is 10.9 Å². The first-order chi connectivity index (χ1) is 9.61. The lowest BCUT2D eigenvalue weighted by Crippen LogP contribution is -2.13. The van der Waals surface area contributed by atoms with Gasteiger partial charge in [0.25, 0.3) is 0 Å². The van der Waals surface area contributed by atoms with Crippen LogP contribution in [0.15, 0.2) is 29.3 Å². The third-order valence-electron chi connectivity index (χ3n) is 3.21. The molecule has 4 heteroatoms. The predicted octanol–water partition coefficient (Wildman–Crippen LogP) is 3.60. The molecule has 0 aliphatic heterocycles. The summed E-state index contributed by atoms with van der Waals surface area (Å²) in [6.45, 7) is 3.25. The number of benzene rings is 1. The number of hydrogen-bond acceptors (Lipinski definition) is 4. The highest BCUT2D eigenvalue weighted by molar-refractivity contribution is 7.99. The fraction of sp³-hybridized carbons (Fsp3) is 0.438. The van der Waals surface area contributed by atoms with Gasteiger partial charge in [-0.15, -0.1) is 11.8 Å². The van der Waals surface area contributed by atoms with Gasteiger partial charge in [0.15, 0.2) is 0 Å². The second kappa shape index (κ2) is 6.95. The quantitative estimate of drug-likeness (QED) is 0.599. The van der Waals surface area contributed by atoms with Gasteiger partial charge in [0.05, 0.1) is 12.1 Å². The number of para-hydroxylation sites is 1. The highest BCUT2D eigenvalue weighted by Gasteiger charge is 2.07. The normalized spacial score (nSPS) is 11.2. The lowest BCUT2D eigenvalue weighted by atomic mass is 10.1. The zero-order chi connectivity index (χ0) is 14.5. The maximum atomic E-state index is 5.42. The van der Waals surface area contributed by atoms with E-state index in [9.17, 15) is 0 Å². The number of nitrogens with zero attached hydrogens (tertiary/aromatic N) is 2. The van der Waals surface area contributed by atoms with E-state index < -0.39 is 0 Å². The van der Waals surface area contributed by atoms with Crippen LogP contribution in [-0.4, -0.2) is 43.4 Å². The maximum Gasteiger partial charge on any atom is 0.145 e. The van der Waals surface area contributed by atoms with Gasteiger partial charge in [-0.3, -0.25) is 0 Å². The molecule has 0 aliphatic carbocycles. The van der Waals surface area contributed by atoms with Crippen LogP contribution in [0.2, 0.25) is 0 Å². The first-order valence-corrected chi connectivity index (χ1v) is 7.82. The zero-order valence-electron chi connectivity index (χ0n) is 12.6. The number of methoxy groups -OCH3 is 1. The Balaban J connectivity index is 2.18. The van der Waals surface area contributed by atoms with Gasteiger partial charge in [-0.2, -0.15) is 0 Å². The summed E-state index contributed by atoms with van der Waals surface area (Å²) < 4.78 is 5.42.